The van der Waals surface area contributed by atoms with E-state index in [0.717, 1.165) is 31.0 Å². The van der Waals surface area contributed by atoms with Gasteiger partial charge in [-0.15, -0.1) is 0 Å². The van der Waals surface area contributed by atoms with Crippen LogP contribution in [0.2, 0.25) is 0 Å². The maximum Gasteiger partial charge on any atom is 0.0771 e. The van der Waals surface area contributed by atoms with E-state index in [1.807, 2.05) is 11.6 Å². The summed E-state index contributed by atoms with van der Waals surface area (Å²) >= 11 is 0. The topological polar surface area (TPSA) is 53.1 Å². The first-order chi connectivity index (χ1) is 6.27. The predicted molar refractivity (Wildman–Crippen MR) is 50.4 cm³/mol. The van der Waals surface area contributed by atoms with Gasteiger partial charge < -0.3 is 10.5 Å². The lowest BCUT2D eigenvalue weighted by atomic mass is 10.2. The van der Waals surface area contributed by atoms with Gasteiger partial charge in [0.25, 0.3) is 0 Å². The molecule has 1 atom stereocenters. The zero-order valence-corrected chi connectivity index (χ0v) is 7.86. The molecule has 0 saturated carbocycles. The lowest BCUT2D eigenvalue weighted by Gasteiger charge is -2.10. The van der Waals surface area contributed by atoms with Gasteiger partial charge in [-0.25, -0.2) is 0 Å². The number of anilines is 1. The number of nitrogen functional groups attached to an aromatic ring is 1. The summed E-state index contributed by atoms with van der Waals surface area (Å²) in [5.41, 5.74) is 7.49. The summed E-state index contributed by atoms with van der Waals surface area (Å²) in [5.74, 6) is 0. The third-order valence-corrected chi connectivity index (χ3v) is 2.54. The fourth-order valence-corrected chi connectivity index (χ4v) is 1.63. The average Bonchev–Trinajstić information content (AvgIpc) is 2.71. The van der Waals surface area contributed by atoms with Crippen LogP contribution in [0.5, 0.6) is 0 Å². The second-order valence-corrected chi connectivity index (χ2v) is 3.50. The van der Waals surface area contributed by atoms with Gasteiger partial charge in [0.05, 0.1) is 30.2 Å². The molecule has 0 bridgehead atoms. The van der Waals surface area contributed by atoms with E-state index in [0.29, 0.717) is 6.10 Å². The lowest BCUT2D eigenvalue weighted by Crippen LogP contribution is -2.16. The molecule has 72 valence electrons. The summed E-state index contributed by atoms with van der Waals surface area (Å²) in [6.45, 7) is 3.71. The highest BCUT2D eigenvalue weighted by Gasteiger charge is 2.17. The minimum Gasteiger partial charge on any atom is -0.396 e. The zero-order chi connectivity index (χ0) is 9.26. The van der Waals surface area contributed by atoms with Crippen molar-refractivity contribution in [3.05, 3.63) is 11.9 Å². The van der Waals surface area contributed by atoms with Crippen LogP contribution in [0.25, 0.3) is 0 Å². The molecule has 1 aliphatic rings. The summed E-state index contributed by atoms with van der Waals surface area (Å²) in [5, 5.41) is 4.19. The number of aromatic nitrogens is 2. The Hall–Kier alpha value is -1.03. The van der Waals surface area contributed by atoms with Crippen LogP contribution in [0.4, 0.5) is 5.69 Å². The van der Waals surface area contributed by atoms with E-state index < -0.39 is 0 Å². The number of ether oxygens (including phenoxy) is 1. The van der Waals surface area contributed by atoms with Crippen molar-refractivity contribution in [2.45, 2.75) is 32.4 Å². The van der Waals surface area contributed by atoms with Gasteiger partial charge >= 0.3 is 0 Å². The molecule has 4 heteroatoms. The fraction of sp³-hybridized carbons (Fsp3) is 0.667. The molecule has 0 spiro atoms. The van der Waals surface area contributed by atoms with Crippen molar-refractivity contribution in [2.24, 2.45) is 0 Å². The molecule has 0 amide bonds. The third kappa shape index (κ3) is 1.67. The first-order valence-electron chi connectivity index (χ1n) is 4.67. The Morgan fingerprint density at radius 2 is 2.62 bits per heavy atom. The van der Waals surface area contributed by atoms with Gasteiger partial charge in [0.15, 0.2) is 0 Å². The van der Waals surface area contributed by atoms with Crippen molar-refractivity contribution in [3.63, 3.8) is 0 Å². The second kappa shape index (κ2) is 3.38. The first-order valence-corrected chi connectivity index (χ1v) is 4.67. The van der Waals surface area contributed by atoms with Crippen molar-refractivity contribution in [3.8, 4) is 0 Å². The molecule has 2 rings (SSSR count). The Bertz CT molecular complexity index is 289. The summed E-state index contributed by atoms with van der Waals surface area (Å²) in [7, 11) is 0. The third-order valence-electron chi connectivity index (χ3n) is 2.54. The molecule has 4 nitrogen and oxygen atoms in total. The molecule has 1 aliphatic heterocycles. The molecule has 0 aromatic carbocycles. The summed E-state index contributed by atoms with van der Waals surface area (Å²) < 4.78 is 7.44. The Balaban J connectivity index is 2.04. The van der Waals surface area contributed by atoms with Crippen LogP contribution in [0.1, 0.15) is 18.5 Å². The van der Waals surface area contributed by atoms with E-state index in [4.69, 9.17) is 10.5 Å². The normalized spacial score (nSPS) is 22.4. The SMILES string of the molecule is Cc1c(N)cnn1C[C@@H]1CCCO1. The highest BCUT2D eigenvalue weighted by Crippen LogP contribution is 2.16. The minimum absolute atomic E-state index is 0.331. The standard InChI is InChI=1S/C9H15N3O/c1-7-9(10)5-11-12(7)6-8-3-2-4-13-8/h5,8H,2-4,6,10H2,1H3/t8-/m0/s1. The molecule has 1 fully saturated rings. The maximum atomic E-state index is 5.69. The number of hydrogen-bond acceptors (Lipinski definition) is 3. The van der Waals surface area contributed by atoms with Crippen molar-refractivity contribution < 1.29 is 4.74 Å². The quantitative estimate of drug-likeness (QED) is 0.739. The molecule has 0 unspecified atom stereocenters. The summed E-state index contributed by atoms with van der Waals surface area (Å²) in [4.78, 5) is 0. The Morgan fingerprint density at radius 3 is 3.15 bits per heavy atom. The Kier molecular flexibility index (Phi) is 2.22. The van der Waals surface area contributed by atoms with Crippen LogP contribution in [-0.4, -0.2) is 22.5 Å². The predicted octanol–water partition coefficient (Wildman–Crippen LogP) is 0.953. The van der Waals surface area contributed by atoms with E-state index in [9.17, 15) is 0 Å². The minimum atomic E-state index is 0.331. The van der Waals surface area contributed by atoms with E-state index in [2.05, 4.69) is 5.10 Å². The molecule has 1 aromatic rings. The van der Waals surface area contributed by atoms with E-state index >= 15 is 0 Å². The van der Waals surface area contributed by atoms with Gasteiger partial charge in [0.1, 0.15) is 0 Å². The Labute approximate surface area is 77.7 Å². The monoisotopic (exact) mass is 181 g/mol. The van der Waals surface area contributed by atoms with Crippen LogP contribution in [0, 0.1) is 6.92 Å². The number of rotatable bonds is 2. The van der Waals surface area contributed by atoms with Crippen LogP contribution in [-0.2, 0) is 11.3 Å². The van der Waals surface area contributed by atoms with Crippen LogP contribution < -0.4 is 5.73 Å². The van der Waals surface area contributed by atoms with Gasteiger partial charge in [-0.3, -0.25) is 4.68 Å². The van der Waals surface area contributed by atoms with Gasteiger partial charge in [-0.2, -0.15) is 5.10 Å². The molecule has 2 N–H and O–H groups in total. The molecular formula is C9H15N3O. The Morgan fingerprint density at radius 1 is 1.77 bits per heavy atom. The molecule has 2 heterocycles. The van der Waals surface area contributed by atoms with Crippen molar-refractivity contribution in [1.82, 2.24) is 9.78 Å². The van der Waals surface area contributed by atoms with Gasteiger partial charge in [0.2, 0.25) is 0 Å². The van der Waals surface area contributed by atoms with Crippen LogP contribution in [0.15, 0.2) is 6.20 Å². The number of nitrogens with two attached hydrogens (primary N) is 1. The fourth-order valence-electron chi connectivity index (χ4n) is 1.63. The maximum absolute atomic E-state index is 5.69. The smallest absolute Gasteiger partial charge is 0.0771 e. The van der Waals surface area contributed by atoms with Gasteiger partial charge in [-0.1, -0.05) is 0 Å². The highest BCUT2D eigenvalue weighted by atomic mass is 16.5. The van der Waals surface area contributed by atoms with E-state index in [1.165, 1.54) is 6.42 Å². The molecule has 0 radical (unpaired) electrons. The van der Waals surface area contributed by atoms with Crippen LogP contribution in [0.3, 0.4) is 0 Å². The number of nitrogens with zero attached hydrogens (tertiary/aromatic N) is 2. The molecular weight excluding hydrogens is 166 g/mol. The first kappa shape index (κ1) is 8.56. The van der Waals surface area contributed by atoms with Crippen molar-refractivity contribution >= 4 is 5.69 Å². The second-order valence-electron chi connectivity index (χ2n) is 3.50. The average molecular weight is 181 g/mol. The lowest BCUT2D eigenvalue weighted by molar-refractivity contribution is 0.0935. The van der Waals surface area contributed by atoms with Gasteiger partial charge in [0, 0.05) is 6.61 Å². The molecule has 1 saturated heterocycles. The van der Waals surface area contributed by atoms with Crippen molar-refractivity contribution in [1.29, 1.82) is 0 Å². The zero-order valence-electron chi connectivity index (χ0n) is 7.86. The van der Waals surface area contributed by atoms with E-state index in [1.54, 1.807) is 6.20 Å². The summed E-state index contributed by atoms with van der Waals surface area (Å²) in [6, 6.07) is 0. The number of hydrogen-bond donors (Lipinski definition) is 1. The van der Waals surface area contributed by atoms with E-state index in [-0.39, 0.29) is 0 Å². The van der Waals surface area contributed by atoms with Crippen molar-refractivity contribution in [2.75, 3.05) is 12.3 Å². The van der Waals surface area contributed by atoms with Crippen LogP contribution >= 0.6 is 0 Å². The van der Waals surface area contributed by atoms with Gasteiger partial charge in [-0.05, 0) is 19.8 Å². The molecule has 0 aliphatic carbocycles. The summed E-state index contributed by atoms with van der Waals surface area (Å²) in [6.07, 6.45) is 4.34. The molecule has 1 aromatic heterocycles. The molecule has 13 heavy (non-hydrogen) atoms. The largest absolute Gasteiger partial charge is 0.396 e. The highest BCUT2D eigenvalue weighted by molar-refractivity contribution is 5.39.